The van der Waals surface area contributed by atoms with E-state index >= 15 is 0 Å². The van der Waals surface area contributed by atoms with Crippen molar-refractivity contribution in [2.24, 2.45) is 0 Å². The maximum Gasteiger partial charge on any atom is 0.322 e. The van der Waals surface area contributed by atoms with E-state index in [1.54, 1.807) is 19.1 Å². The van der Waals surface area contributed by atoms with E-state index in [1.807, 2.05) is 18.2 Å². The van der Waals surface area contributed by atoms with Gasteiger partial charge in [-0.1, -0.05) is 6.07 Å². The van der Waals surface area contributed by atoms with E-state index in [2.05, 4.69) is 5.32 Å². The van der Waals surface area contributed by atoms with Gasteiger partial charge >= 0.3 is 6.03 Å². The summed E-state index contributed by atoms with van der Waals surface area (Å²) in [4.78, 5) is 14.3. The molecule has 0 radical (unpaired) electrons. The number of nitrogens with zero attached hydrogens (tertiary/aromatic N) is 1. The van der Waals surface area contributed by atoms with Gasteiger partial charge in [-0.25, -0.2) is 9.18 Å². The Morgan fingerprint density at radius 3 is 2.79 bits per heavy atom. The summed E-state index contributed by atoms with van der Waals surface area (Å²) in [6.45, 7) is 1.10. The third-order valence-corrected chi connectivity index (χ3v) is 5.07. The number of fused-ring (bicyclic) bond motifs is 1. The first-order valence-corrected chi connectivity index (χ1v) is 8.96. The van der Waals surface area contributed by atoms with Crippen molar-refractivity contribution < 1.29 is 28.1 Å². The number of hydrogen-bond donors (Lipinski definition) is 1. The minimum Gasteiger partial charge on any atom is -0.493 e. The van der Waals surface area contributed by atoms with Crippen LogP contribution in [0.5, 0.6) is 23.0 Å². The molecule has 1 fully saturated rings. The number of urea groups is 1. The van der Waals surface area contributed by atoms with E-state index in [4.69, 9.17) is 18.9 Å². The number of likely N-dealkylation sites (tertiary alicyclic amines) is 1. The summed E-state index contributed by atoms with van der Waals surface area (Å²) in [6, 6.07) is 8.13. The molecule has 2 heterocycles. The average molecular weight is 388 g/mol. The van der Waals surface area contributed by atoms with Crippen LogP contribution in [0.1, 0.15) is 17.9 Å². The molecule has 2 aromatic carbocycles. The monoisotopic (exact) mass is 388 g/mol. The highest BCUT2D eigenvalue weighted by molar-refractivity contribution is 5.92. The second-order valence-electron chi connectivity index (χ2n) is 6.63. The molecule has 0 spiro atoms. The predicted molar refractivity (Wildman–Crippen MR) is 100 cm³/mol. The number of anilines is 1. The third-order valence-electron chi connectivity index (χ3n) is 5.07. The summed E-state index contributed by atoms with van der Waals surface area (Å²) in [6.07, 6.45) is 0.803. The molecule has 0 aliphatic carbocycles. The predicted octanol–water partition coefficient (Wildman–Crippen LogP) is 3.59. The molecule has 28 heavy (non-hydrogen) atoms. The number of ether oxygens (including phenoxy) is 4. The SMILES string of the molecule is COc1ccc(C2CCN(C(=O)Nc3c(F)ccc4c3OCO4)C2)cc1OC. The minimum atomic E-state index is -0.562. The lowest BCUT2D eigenvalue weighted by atomic mass is 9.98. The topological polar surface area (TPSA) is 69.3 Å². The molecular formula is C20H21FN2O5. The summed E-state index contributed by atoms with van der Waals surface area (Å²) in [7, 11) is 3.18. The minimum absolute atomic E-state index is 0.00669. The zero-order valence-corrected chi connectivity index (χ0v) is 15.7. The summed E-state index contributed by atoms with van der Waals surface area (Å²) in [5, 5.41) is 2.63. The van der Waals surface area contributed by atoms with Crippen LogP contribution in [0, 0.1) is 5.82 Å². The van der Waals surface area contributed by atoms with E-state index in [0.29, 0.717) is 30.3 Å². The summed E-state index contributed by atoms with van der Waals surface area (Å²) in [5.41, 5.74) is 1.08. The van der Waals surface area contributed by atoms with Crippen molar-refractivity contribution in [2.45, 2.75) is 12.3 Å². The Morgan fingerprint density at radius 2 is 2.00 bits per heavy atom. The van der Waals surface area contributed by atoms with E-state index in [1.165, 1.54) is 12.1 Å². The van der Waals surface area contributed by atoms with E-state index < -0.39 is 5.82 Å². The largest absolute Gasteiger partial charge is 0.493 e. The van der Waals surface area contributed by atoms with Crippen LogP contribution in [-0.4, -0.2) is 45.0 Å². The van der Waals surface area contributed by atoms with Crippen molar-refractivity contribution in [3.8, 4) is 23.0 Å². The second kappa shape index (κ2) is 7.46. The molecule has 0 aromatic heterocycles. The van der Waals surface area contributed by atoms with Crippen LogP contribution in [0.25, 0.3) is 0 Å². The van der Waals surface area contributed by atoms with Gasteiger partial charge in [0, 0.05) is 19.0 Å². The number of carbonyl (C=O) groups excluding carboxylic acids is 1. The number of carbonyl (C=O) groups is 1. The van der Waals surface area contributed by atoms with Gasteiger partial charge < -0.3 is 29.2 Å². The number of amides is 2. The number of halogens is 1. The van der Waals surface area contributed by atoms with Crippen molar-refractivity contribution in [1.82, 2.24) is 4.90 Å². The van der Waals surface area contributed by atoms with Gasteiger partial charge in [0.1, 0.15) is 5.69 Å². The lowest BCUT2D eigenvalue weighted by Gasteiger charge is -2.19. The van der Waals surface area contributed by atoms with Crippen LogP contribution in [0.4, 0.5) is 14.9 Å². The van der Waals surface area contributed by atoms with Gasteiger partial charge in [-0.2, -0.15) is 0 Å². The maximum atomic E-state index is 14.2. The molecule has 2 amide bonds. The van der Waals surface area contributed by atoms with Crippen LogP contribution in [0.2, 0.25) is 0 Å². The van der Waals surface area contributed by atoms with Crippen LogP contribution >= 0.6 is 0 Å². The third kappa shape index (κ3) is 3.26. The molecule has 1 N–H and O–H groups in total. The first-order chi connectivity index (χ1) is 13.6. The quantitative estimate of drug-likeness (QED) is 0.867. The molecule has 2 aliphatic rings. The Bertz CT molecular complexity index is 904. The highest BCUT2D eigenvalue weighted by atomic mass is 19.1. The molecule has 0 bridgehead atoms. The van der Waals surface area contributed by atoms with Crippen LogP contribution in [0.15, 0.2) is 30.3 Å². The fraction of sp³-hybridized carbons (Fsp3) is 0.350. The normalized spacial score (nSPS) is 17.5. The molecular weight excluding hydrogens is 367 g/mol. The molecule has 148 valence electrons. The Hall–Kier alpha value is -3.16. The fourth-order valence-corrected chi connectivity index (χ4v) is 3.57. The van der Waals surface area contributed by atoms with Gasteiger partial charge in [-0.15, -0.1) is 0 Å². The molecule has 1 saturated heterocycles. The van der Waals surface area contributed by atoms with Crippen LogP contribution in [0.3, 0.4) is 0 Å². The number of benzene rings is 2. The van der Waals surface area contributed by atoms with E-state index in [-0.39, 0.29) is 30.2 Å². The summed E-state index contributed by atoms with van der Waals surface area (Å²) in [5.74, 6) is 1.56. The van der Waals surface area contributed by atoms with Crippen LogP contribution < -0.4 is 24.3 Å². The van der Waals surface area contributed by atoms with Gasteiger partial charge in [0.05, 0.1) is 14.2 Å². The highest BCUT2D eigenvalue weighted by Crippen LogP contribution is 2.41. The summed E-state index contributed by atoms with van der Waals surface area (Å²) < 4.78 is 35.4. The number of methoxy groups -OCH3 is 2. The maximum absolute atomic E-state index is 14.2. The zero-order chi connectivity index (χ0) is 19.7. The van der Waals surface area contributed by atoms with Gasteiger partial charge in [0.15, 0.2) is 28.8 Å². The Kier molecular flexibility index (Phi) is 4.85. The number of rotatable bonds is 4. The van der Waals surface area contributed by atoms with Crippen molar-refractivity contribution in [3.05, 3.63) is 41.7 Å². The van der Waals surface area contributed by atoms with E-state index in [0.717, 1.165) is 12.0 Å². The molecule has 2 aromatic rings. The molecule has 0 saturated carbocycles. The molecule has 7 nitrogen and oxygen atoms in total. The van der Waals surface area contributed by atoms with Crippen molar-refractivity contribution >= 4 is 11.7 Å². The van der Waals surface area contributed by atoms with Crippen LogP contribution in [-0.2, 0) is 0 Å². The first-order valence-electron chi connectivity index (χ1n) is 8.96. The number of hydrogen-bond acceptors (Lipinski definition) is 5. The molecule has 1 unspecified atom stereocenters. The summed E-state index contributed by atoms with van der Waals surface area (Å²) >= 11 is 0. The zero-order valence-electron chi connectivity index (χ0n) is 15.7. The van der Waals surface area contributed by atoms with Gasteiger partial charge in [0.25, 0.3) is 0 Å². The van der Waals surface area contributed by atoms with Crippen molar-refractivity contribution in [2.75, 3.05) is 39.4 Å². The van der Waals surface area contributed by atoms with Crippen molar-refractivity contribution in [1.29, 1.82) is 0 Å². The Balaban J connectivity index is 1.46. The molecule has 1 atom stereocenters. The lowest BCUT2D eigenvalue weighted by Crippen LogP contribution is -2.33. The Labute approximate surface area is 161 Å². The highest BCUT2D eigenvalue weighted by Gasteiger charge is 2.30. The molecule has 2 aliphatic heterocycles. The van der Waals surface area contributed by atoms with Gasteiger partial charge in [-0.05, 0) is 36.2 Å². The smallest absolute Gasteiger partial charge is 0.322 e. The van der Waals surface area contributed by atoms with Gasteiger partial charge in [0.2, 0.25) is 6.79 Å². The molecule has 4 rings (SSSR count). The Morgan fingerprint density at radius 1 is 1.18 bits per heavy atom. The second-order valence-corrected chi connectivity index (χ2v) is 6.63. The lowest BCUT2D eigenvalue weighted by molar-refractivity contribution is 0.174. The fourth-order valence-electron chi connectivity index (χ4n) is 3.57. The van der Waals surface area contributed by atoms with Crippen molar-refractivity contribution in [3.63, 3.8) is 0 Å². The van der Waals surface area contributed by atoms with E-state index in [9.17, 15) is 9.18 Å². The first kappa shape index (κ1) is 18.2. The number of nitrogens with one attached hydrogen (secondary N) is 1. The standard InChI is InChI=1S/C20H21FN2O5/c1-25-15-5-3-12(9-17(15)26-2)13-7-8-23(10-13)20(24)22-18-14(21)4-6-16-19(18)28-11-27-16/h3-6,9,13H,7-8,10-11H2,1-2H3,(H,22,24). The molecule has 8 heteroatoms. The average Bonchev–Trinajstić information content (AvgIpc) is 3.39. The van der Waals surface area contributed by atoms with Gasteiger partial charge in [-0.3, -0.25) is 0 Å².